The lowest BCUT2D eigenvalue weighted by molar-refractivity contribution is -0.119. The van der Waals surface area contributed by atoms with Gasteiger partial charge in [-0.3, -0.25) is 9.20 Å². The van der Waals surface area contributed by atoms with Gasteiger partial charge in [0.2, 0.25) is 5.91 Å². The number of anilines is 1. The first-order chi connectivity index (χ1) is 11.7. The molecular weight excluding hydrogens is 305 g/mol. The predicted molar refractivity (Wildman–Crippen MR) is 91.2 cm³/mol. The van der Waals surface area contributed by atoms with Crippen LogP contribution >= 0.6 is 0 Å². The summed E-state index contributed by atoms with van der Waals surface area (Å²) < 4.78 is 15.5. The van der Waals surface area contributed by atoms with Gasteiger partial charge in [0.05, 0.1) is 0 Å². The van der Waals surface area contributed by atoms with Gasteiger partial charge in [-0.15, -0.1) is 0 Å². The van der Waals surface area contributed by atoms with Crippen LogP contribution in [0.15, 0.2) is 48.7 Å². The van der Waals surface area contributed by atoms with E-state index < -0.39 is 0 Å². The van der Waals surface area contributed by atoms with E-state index in [1.165, 1.54) is 12.1 Å². The van der Waals surface area contributed by atoms with E-state index in [4.69, 9.17) is 0 Å². The Kier molecular flexibility index (Phi) is 3.76. The van der Waals surface area contributed by atoms with E-state index in [0.717, 1.165) is 31.3 Å². The molecule has 0 radical (unpaired) electrons. The number of nitrogens with zero attached hydrogens (tertiary/aromatic N) is 2. The molecule has 5 heteroatoms. The Morgan fingerprint density at radius 1 is 1.17 bits per heavy atom. The van der Waals surface area contributed by atoms with Gasteiger partial charge in [-0.2, -0.15) is 0 Å². The average Bonchev–Trinajstić information content (AvgIpc) is 3.23. The van der Waals surface area contributed by atoms with Crippen molar-refractivity contribution in [2.75, 3.05) is 5.32 Å². The van der Waals surface area contributed by atoms with Crippen LogP contribution in [-0.2, 0) is 4.79 Å². The number of hydrogen-bond donors (Lipinski definition) is 1. The Hall–Kier alpha value is -2.69. The first kappa shape index (κ1) is 14.9. The summed E-state index contributed by atoms with van der Waals surface area (Å²) in [6.07, 6.45) is 5.91. The SMILES string of the molecule is O=C(Nc1c(-c2cccc(F)c2)nc2ccccn12)C1CCCC1. The van der Waals surface area contributed by atoms with Crippen LogP contribution in [-0.4, -0.2) is 15.3 Å². The van der Waals surface area contributed by atoms with Crippen LogP contribution in [0.1, 0.15) is 25.7 Å². The molecule has 0 aliphatic heterocycles. The standard InChI is InChI=1S/C19H18FN3O/c20-15-9-5-8-14(12-15)17-18(22-19(24)13-6-1-2-7-13)23-11-4-3-10-16(23)21-17/h3-5,8-13H,1-2,6-7H2,(H,22,24). The van der Waals surface area contributed by atoms with Crippen molar-refractivity contribution in [1.82, 2.24) is 9.38 Å². The number of carbonyl (C=O) groups excluding carboxylic acids is 1. The normalized spacial score (nSPS) is 15.0. The van der Waals surface area contributed by atoms with E-state index >= 15 is 0 Å². The van der Waals surface area contributed by atoms with Gasteiger partial charge in [-0.25, -0.2) is 9.37 Å². The number of carbonyl (C=O) groups is 1. The zero-order valence-corrected chi connectivity index (χ0v) is 13.2. The van der Waals surface area contributed by atoms with E-state index in [-0.39, 0.29) is 17.6 Å². The second-order valence-corrected chi connectivity index (χ2v) is 6.22. The number of amides is 1. The summed E-state index contributed by atoms with van der Waals surface area (Å²) in [4.78, 5) is 17.2. The Morgan fingerprint density at radius 3 is 2.79 bits per heavy atom. The lowest BCUT2D eigenvalue weighted by Gasteiger charge is -2.11. The van der Waals surface area contributed by atoms with Crippen LogP contribution in [0, 0.1) is 11.7 Å². The number of hydrogen-bond acceptors (Lipinski definition) is 2. The number of nitrogens with one attached hydrogen (secondary N) is 1. The molecule has 3 aromatic rings. The lowest BCUT2D eigenvalue weighted by atomic mass is 10.1. The molecule has 4 nitrogen and oxygen atoms in total. The molecule has 1 aromatic carbocycles. The molecule has 1 saturated carbocycles. The fourth-order valence-electron chi connectivity index (χ4n) is 3.36. The van der Waals surface area contributed by atoms with Crippen molar-refractivity contribution in [1.29, 1.82) is 0 Å². The molecule has 0 atom stereocenters. The molecule has 1 fully saturated rings. The maximum Gasteiger partial charge on any atom is 0.228 e. The van der Waals surface area contributed by atoms with Crippen molar-refractivity contribution in [3.8, 4) is 11.3 Å². The minimum absolute atomic E-state index is 0.0239. The van der Waals surface area contributed by atoms with Gasteiger partial charge < -0.3 is 5.32 Å². The van der Waals surface area contributed by atoms with Crippen molar-refractivity contribution in [3.63, 3.8) is 0 Å². The molecule has 1 N–H and O–H groups in total. The van der Waals surface area contributed by atoms with Crippen molar-refractivity contribution >= 4 is 17.4 Å². The largest absolute Gasteiger partial charge is 0.310 e. The van der Waals surface area contributed by atoms with Gasteiger partial charge in [0, 0.05) is 17.7 Å². The second-order valence-electron chi connectivity index (χ2n) is 6.22. The second kappa shape index (κ2) is 6.07. The smallest absolute Gasteiger partial charge is 0.228 e. The van der Waals surface area contributed by atoms with Gasteiger partial charge in [0.1, 0.15) is 23.0 Å². The predicted octanol–water partition coefficient (Wildman–Crippen LogP) is 4.27. The average molecular weight is 323 g/mol. The summed E-state index contributed by atoms with van der Waals surface area (Å²) in [7, 11) is 0. The van der Waals surface area contributed by atoms with Gasteiger partial charge in [0.15, 0.2) is 0 Å². The maximum atomic E-state index is 13.6. The molecule has 2 aromatic heterocycles. The molecule has 0 spiro atoms. The molecule has 0 saturated heterocycles. The quantitative estimate of drug-likeness (QED) is 0.782. The number of aromatic nitrogens is 2. The molecule has 1 amide bonds. The molecule has 1 aliphatic carbocycles. The van der Waals surface area contributed by atoms with Crippen molar-refractivity contribution < 1.29 is 9.18 Å². The van der Waals surface area contributed by atoms with E-state index in [1.807, 2.05) is 28.8 Å². The molecular formula is C19H18FN3O. The fourth-order valence-corrected chi connectivity index (χ4v) is 3.36. The molecule has 2 heterocycles. The summed E-state index contributed by atoms with van der Waals surface area (Å²) in [6.45, 7) is 0. The van der Waals surface area contributed by atoms with E-state index in [2.05, 4.69) is 10.3 Å². The maximum absolute atomic E-state index is 13.6. The van der Waals surface area contributed by atoms with Crippen molar-refractivity contribution in [2.24, 2.45) is 5.92 Å². The highest BCUT2D eigenvalue weighted by molar-refractivity contribution is 5.96. The third kappa shape index (κ3) is 2.66. The molecule has 122 valence electrons. The van der Waals surface area contributed by atoms with Crippen LogP contribution in [0.5, 0.6) is 0 Å². The van der Waals surface area contributed by atoms with Crippen LogP contribution < -0.4 is 5.32 Å². The summed E-state index contributed by atoms with van der Waals surface area (Å²) in [5.41, 5.74) is 1.96. The van der Waals surface area contributed by atoms with Crippen LogP contribution in [0.4, 0.5) is 10.2 Å². The van der Waals surface area contributed by atoms with Crippen LogP contribution in [0.2, 0.25) is 0 Å². The Morgan fingerprint density at radius 2 is 2.00 bits per heavy atom. The highest BCUT2D eigenvalue weighted by Gasteiger charge is 2.25. The van der Waals surface area contributed by atoms with Crippen molar-refractivity contribution in [2.45, 2.75) is 25.7 Å². The van der Waals surface area contributed by atoms with Crippen molar-refractivity contribution in [3.05, 3.63) is 54.5 Å². The Labute approximate surface area is 139 Å². The summed E-state index contributed by atoms with van der Waals surface area (Å²) in [5.74, 6) is 0.362. The highest BCUT2D eigenvalue weighted by Crippen LogP contribution is 2.31. The van der Waals surface area contributed by atoms with E-state index in [9.17, 15) is 9.18 Å². The summed E-state index contributed by atoms with van der Waals surface area (Å²) in [5, 5.41) is 3.03. The number of rotatable bonds is 3. The highest BCUT2D eigenvalue weighted by atomic mass is 19.1. The first-order valence-corrected chi connectivity index (χ1v) is 8.26. The monoisotopic (exact) mass is 323 g/mol. The summed E-state index contributed by atoms with van der Waals surface area (Å²) >= 11 is 0. The zero-order valence-electron chi connectivity index (χ0n) is 13.2. The van der Waals surface area contributed by atoms with Crippen LogP contribution in [0.25, 0.3) is 16.9 Å². The topological polar surface area (TPSA) is 46.4 Å². The number of pyridine rings is 1. The third-order valence-electron chi connectivity index (χ3n) is 4.60. The zero-order chi connectivity index (χ0) is 16.5. The molecule has 0 unspecified atom stereocenters. The number of halogens is 1. The molecule has 0 bridgehead atoms. The van der Waals surface area contributed by atoms with E-state index in [0.29, 0.717) is 17.1 Å². The van der Waals surface area contributed by atoms with Gasteiger partial charge >= 0.3 is 0 Å². The summed E-state index contributed by atoms with van der Waals surface area (Å²) in [6, 6.07) is 11.9. The third-order valence-corrected chi connectivity index (χ3v) is 4.60. The fraction of sp³-hybridized carbons (Fsp3) is 0.263. The molecule has 4 rings (SSSR count). The molecule has 24 heavy (non-hydrogen) atoms. The Bertz CT molecular complexity index is 897. The minimum atomic E-state index is -0.322. The lowest BCUT2D eigenvalue weighted by Crippen LogP contribution is -2.21. The van der Waals surface area contributed by atoms with Crippen LogP contribution in [0.3, 0.4) is 0 Å². The Balaban J connectivity index is 1.79. The van der Waals surface area contributed by atoms with E-state index in [1.54, 1.807) is 12.1 Å². The molecule has 1 aliphatic rings. The van der Waals surface area contributed by atoms with Gasteiger partial charge in [-0.1, -0.05) is 31.0 Å². The number of benzene rings is 1. The first-order valence-electron chi connectivity index (χ1n) is 8.26. The van der Waals surface area contributed by atoms with Gasteiger partial charge in [-0.05, 0) is 37.1 Å². The minimum Gasteiger partial charge on any atom is -0.310 e. The van der Waals surface area contributed by atoms with Gasteiger partial charge in [0.25, 0.3) is 0 Å². The number of fused-ring (bicyclic) bond motifs is 1. The number of imidazole rings is 1.